The molecule has 0 bridgehead atoms. The molecule has 3 N–H and O–H groups in total. The lowest BCUT2D eigenvalue weighted by Gasteiger charge is -2.20. The van der Waals surface area contributed by atoms with E-state index in [2.05, 4.69) is 10.6 Å². The van der Waals surface area contributed by atoms with Gasteiger partial charge in [-0.25, -0.2) is 9.59 Å². The van der Waals surface area contributed by atoms with Crippen molar-refractivity contribution in [3.63, 3.8) is 0 Å². The van der Waals surface area contributed by atoms with E-state index in [-0.39, 0.29) is 23.6 Å². The summed E-state index contributed by atoms with van der Waals surface area (Å²) in [6, 6.07) is 4.40. The summed E-state index contributed by atoms with van der Waals surface area (Å²) in [5.41, 5.74) is 1.10. The van der Waals surface area contributed by atoms with Crippen LogP contribution in [0.1, 0.15) is 22.3 Å². The molecule has 7 heteroatoms. The van der Waals surface area contributed by atoms with E-state index in [0.29, 0.717) is 19.6 Å². The highest BCUT2D eigenvalue weighted by molar-refractivity contribution is 6.00. The second kappa shape index (κ2) is 6.25. The smallest absolute Gasteiger partial charge is 0.337 e. The summed E-state index contributed by atoms with van der Waals surface area (Å²) in [6.45, 7) is 2.88. The van der Waals surface area contributed by atoms with Gasteiger partial charge in [0.25, 0.3) is 0 Å². The minimum Gasteiger partial charge on any atom is -0.478 e. The van der Waals surface area contributed by atoms with Crippen LogP contribution in [0.4, 0.5) is 10.5 Å². The summed E-state index contributed by atoms with van der Waals surface area (Å²) in [4.78, 5) is 36.1. The van der Waals surface area contributed by atoms with Gasteiger partial charge in [0.05, 0.1) is 11.3 Å². The molecule has 0 radical (unpaired) electrons. The number of carboxylic acids is 1. The molecule has 0 atom stereocenters. The van der Waals surface area contributed by atoms with Crippen LogP contribution in [-0.2, 0) is 4.79 Å². The average Bonchev–Trinajstić information content (AvgIpc) is 2.65. The van der Waals surface area contributed by atoms with Crippen molar-refractivity contribution in [2.75, 3.05) is 25.0 Å². The van der Waals surface area contributed by atoms with Crippen LogP contribution in [0, 0.1) is 6.92 Å². The Bertz CT molecular complexity index is 586. The van der Waals surface area contributed by atoms with E-state index in [9.17, 15) is 19.5 Å². The second-order valence-corrected chi connectivity index (χ2v) is 4.87. The Hall–Kier alpha value is -2.57. The van der Waals surface area contributed by atoms with Gasteiger partial charge in [-0.2, -0.15) is 0 Å². The number of rotatable bonds is 2. The number of hydrogen-bond donors (Lipinski definition) is 3. The summed E-state index contributed by atoms with van der Waals surface area (Å²) in [5.74, 6) is -1.19. The largest absolute Gasteiger partial charge is 0.478 e. The number of carbonyl (C=O) groups is 3. The molecule has 7 nitrogen and oxygen atoms in total. The maximum Gasteiger partial charge on any atom is 0.337 e. The first-order chi connectivity index (χ1) is 9.97. The lowest BCUT2D eigenvalue weighted by Crippen LogP contribution is -2.37. The van der Waals surface area contributed by atoms with E-state index in [4.69, 9.17) is 0 Å². The van der Waals surface area contributed by atoms with E-state index in [1.54, 1.807) is 19.1 Å². The Kier molecular flexibility index (Phi) is 4.42. The third-order valence-electron chi connectivity index (χ3n) is 3.25. The first kappa shape index (κ1) is 14.8. The van der Waals surface area contributed by atoms with E-state index >= 15 is 0 Å². The molecule has 0 spiro atoms. The van der Waals surface area contributed by atoms with Crippen molar-refractivity contribution < 1.29 is 19.5 Å². The lowest BCUT2D eigenvalue weighted by molar-refractivity contribution is -0.120. The number of amides is 3. The molecule has 0 aliphatic carbocycles. The summed E-state index contributed by atoms with van der Waals surface area (Å²) in [5, 5.41) is 14.4. The molecule has 0 aromatic heterocycles. The third-order valence-corrected chi connectivity index (χ3v) is 3.25. The Morgan fingerprint density at radius 2 is 2.10 bits per heavy atom. The monoisotopic (exact) mass is 291 g/mol. The minimum atomic E-state index is -1.10. The maximum absolute atomic E-state index is 12.2. The zero-order valence-corrected chi connectivity index (χ0v) is 11.7. The summed E-state index contributed by atoms with van der Waals surface area (Å²) >= 11 is 0. The molecular weight excluding hydrogens is 274 g/mol. The van der Waals surface area contributed by atoms with Crippen LogP contribution in [0.2, 0.25) is 0 Å². The predicted molar refractivity (Wildman–Crippen MR) is 76.4 cm³/mol. The SMILES string of the molecule is Cc1ccc(NC(=O)N2CCNC(=O)CC2)c(C(=O)O)c1. The first-order valence-corrected chi connectivity index (χ1v) is 6.64. The lowest BCUT2D eigenvalue weighted by atomic mass is 10.1. The van der Waals surface area contributed by atoms with Gasteiger partial charge < -0.3 is 20.6 Å². The highest BCUT2D eigenvalue weighted by Gasteiger charge is 2.20. The van der Waals surface area contributed by atoms with Crippen molar-refractivity contribution >= 4 is 23.6 Å². The Balaban J connectivity index is 2.12. The number of hydrogen-bond acceptors (Lipinski definition) is 3. The van der Waals surface area contributed by atoms with Crippen LogP contribution < -0.4 is 10.6 Å². The van der Waals surface area contributed by atoms with Gasteiger partial charge in [0.1, 0.15) is 0 Å². The molecule has 1 aromatic rings. The van der Waals surface area contributed by atoms with Gasteiger partial charge in [0, 0.05) is 26.1 Å². The Morgan fingerprint density at radius 1 is 1.33 bits per heavy atom. The number of aromatic carboxylic acids is 1. The number of carbonyl (C=O) groups excluding carboxylic acids is 2. The van der Waals surface area contributed by atoms with E-state index in [1.165, 1.54) is 11.0 Å². The number of benzene rings is 1. The maximum atomic E-state index is 12.2. The molecule has 0 unspecified atom stereocenters. The summed E-state index contributed by atoms with van der Waals surface area (Å²) in [6.07, 6.45) is 0.243. The second-order valence-electron chi connectivity index (χ2n) is 4.87. The molecule has 1 aromatic carbocycles. The molecule has 3 amide bonds. The van der Waals surface area contributed by atoms with Crippen molar-refractivity contribution in [2.45, 2.75) is 13.3 Å². The molecule has 0 saturated carbocycles. The van der Waals surface area contributed by atoms with Gasteiger partial charge in [-0.05, 0) is 19.1 Å². The van der Waals surface area contributed by atoms with Gasteiger partial charge in [0.15, 0.2) is 0 Å². The highest BCUT2D eigenvalue weighted by atomic mass is 16.4. The van der Waals surface area contributed by atoms with Gasteiger partial charge in [-0.3, -0.25) is 4.79 Å². The van der Waals surface area contributed by atoms with Crippen LogP contribution in [0.5, 0.6) is 0 Å². The van der Waals surface area contributed by atoms with Crippen molar-refractivity contribution in [2.24, 2.45) is 0 Å². The van der Waals surface area contributed by atoms with Gasteiger partial charge in [0.2, 0.25) is 5.91 Å². The van der Waals surface area contributed by atoms with E-state index in [1.807, 2.05) is 0 Å². The fraction of sp³-hybridized carbons (Fsp3) is 0.357. The molecule has 1 saturated heterocycles. The van der Waals surface area contributed by atoms with Crippen molar-refractivity contribution in [1.82, 2.24) is 10.2 Å². The average molecular weight is 291 g/mol. The molecule has 1 fully saturated rings. The van der Waals surface area contributed by atoms with E-state index in [0.717, 1.165) is 5.56 Å². The topological polar surface area (TPSA) is 98.7 Å². The normalized spacial score (nSPS) is 15.1. The quantitative estimate of drug-likeness (QED) is 0.758. The van der Waals surface area contributed by atoms with Crippen LogP contribution in [0.15, 0.2) is 18.2 Å². The Morgan fingerprint density at radius 3 is 2.81 bits per heavy atom. The first-order valence-electron chi connectivity index (χ1n) is 6.64. The number of nitrogens with one attached hydrogen (secondary N) is 2. The van der Waals surface area contributed by atoms with Crippen molar-refractivity contribution in [3.8, 4) is 0 Å². The van der Waals surface area contributed by atoms with E-state index < -0.39 is 12.0 Å². The fourth-order valence-corrected chi connectivity index (χ4v) is 2.11. The Labute approximate surface area is 121 Å². The molecule has 112 valence electrons. The summed E-state index contributed by atoms with van der Waals surface area (Å²) < 4.78 is 0. The van der Waals surface area contributed by atoms with Crippen molar-refractivity contribution in [3.05, 3.63) is 29.3 Å². The van der Waals surface area contributed by atoms with Gasteiger partial charge in [-0.1, -0.05) is 11.6 Å². The standard InChI is InChI=1S/C14H17N3O4/c1-9-2-3-11(10(8-9)13(19)20)16-14(21)17-6-4-12(18)15-5-7-17/h2-3,8H,4-7H2,1H3,(H,15,18)(H,16,21)(H,19,20). The number of aryl methyl sites for hydroxylation is 1. The fourth-order valence-electron chi connectivity index (χ4n) is 2.11. The summed E-state index contributed by atoms with van der Waals surface area (Å²) in [7, 11) is 0. The number of anilines is 1. The van der Waals surface area contributed by atoms with Crippen LogP contribution in [0.3, 0.4) is 0 Å². The molecule has 21 heavy (non-hydrogen) atoms. The van der Waals surface area contributed by atoms with Crippen LogP contribution >= 0.6 is 0 Å². The molecule has 2 rings (SSSR count). The molecular formula is C14H17N3O4. The predicted octanol–water partition coefficient (Wildman–Crippen LogP) is 1.05. The zero-order valence-electron chi connectivity index (χ0n) is 11.7. The van der Waals surface area contributed by atoms with Crippen LogP contribution in [-0.4, -0.2) is 47.5 Å². The van der Waals surface area contributed by atoms with Crippen molar-refractivity contribution in [1.29, 1.82) is 0 Å². The van der Waals surface area contributed by atoms with Crippen LogP contribution in [0.25, 0.3) is 0 Å². The molecule has 1 heterocycles. The third kappa shape index (κ3) is 3.71. The number of carboxylic acid groups (broad SMARTS) is 1. The van der Waals surface area contributed by atoms with Gasteiger partial charge in [-0.15, -0.1) is 0 Å². The molecule has 1 aliphatic rings. The zero-order chi connectivity index (χ0) is 15.4. The minimum absolute atomic E-state index is 0.0485. The van der Waals surface area contributed by atoms with Gasteiger partial charge >= 0.3 is 12.0 Å². The molecule has 1 aliphatic heterocycles. The highest BCUT2D eigenvalue weighted by Crippen LogP contribution is 2.18. The number of urea groups is 1. The number of nitrogens with zero attached hydrogens (tertiary/aromatic N) is 1.